The first-order chi connectivity index (χ1) is 20.7. The van der Waals surface area contributed by atoms with Crippen LogP contribution in [0.1, 0.15) is 27.7 Å². The van der Waals surface area contributed by atoms with E-state index in [4.69, 9.17) is 14.5 Å². The van der Waals surface area contributed by atoms with E-state index in [1.54, 1.807) is 11.2 Å². The van der Waals surface area contributed by atoms with Crippen LogP contribution >= 0.6 is 0 Å². The van der Waals surface area contributed by atoms with Crippen LogP contribution in [0.2, 0.25) is 0 Å². The summed E-state index contributed by atoms with van der Waals surface area (Å²) >= 11 is 0. The number of rotatable bonds is 8. The zero-order valence-electron chi connectivity index (χ0n) is 25.5. The molecule has 2 aliphatic rings. The summed E-state index contributed by atoms with van der Waals surface area (Å²) in [6.07, 6.45) is 5.38. The Hall–Kier alpha value is -4.29. The maximum atomic E-state index is 12.4. The standard InChI is InChI=1S/C31H41N9O3/c1-6-22(20-38-9-11-40(12-10-38)30(41)43-31(2,3)4)17-27(32-5)37-29-35-24-8-7-23(18-26(24)36-29)25-19-28(34-21-33-25)39-13-15-42-16-14-39/h6-8,17-19,21H,5,9-16,20H2,1-4H3,(H2,35,36,37)/b22-6+,27-17+. The van der Waals surface area contributed by atoms with Crippen LogP contribution in [0.3, 0.4) is 0 Å². The number of fused-ring (bicyclic) bond motifs is 1. The van der Waals surface area contributed by atoms with Gasteiger partial charge in [-0.2, -0.15) is 0 Å². The average Bonchev–Trinajstić information content (AvgIpc) is 3.42. The SMILES string of the molecule is C=N/C(=C\C(=C/C)CN1CCN(C(=O)OC(C)(C)C)CC1)Nc1nc2ccc(-c3cc(N4CCOCC4)ncn3)cc2[nH]1. The van der Waals surface area contributed by atoms with Gasteiger partial charge in [-0.25, -0.2) is 24.7 Å². The van der Waals surface area contributed by atoms with Crippen molar-refractivity contribution in [3.8, 4) is 11.3 Å². The number of anilines is 2. The van der Waals surface area contributed by atoms with E-state index in [9.17, 15) is 4.79 Å². The monoisotopic (exact) mass is 587 g/mol. The Morgan fingerprint density at radius 2 is 1.91 bits per heavy atom. The number of nitrogens with zero attached hydrogens (tertiary/aromatic N) is 7. The molecular weight excluding hydrogens is 546 g/mol. The molecular formula is C31H41N9O3. The summed E-state index contributed by atoms with van der Waals surface area (Å²) in [6, 6.07) is 8.04. The number of carbonyl (C=O) groups excluding carboxylic acids is 1. The molecule has 2 saturated heterocycles. The molecule has 43 heavy (non-hydrogen) atoms. The number of benzene rings is 1. The van der Waals surface area contributed by atoms with Crippen molar-refractivity contribution >= 4 is 35.6 Å². The number of H-pyrrole nitrogens is 1. The predicted octanol–water partition coefficient (Wildman–Crippen LogP) is 4.31. The summed E-state index contributed by atoms with van der Waals surface area (Å²) in [4.78, 5) is 39.9. The minimum atomic E-state index is -0.496. The number of hydrogen-bond acceptors (Lipinski definition) is 10. The first kappa shape index (κ1) is 30.2. The summed E-state index contributed by atoms with van der Waals surface area (Å²) in [6.45, 7) is 18.0. The molecule has 0 radical (unpaired) electrons. The van der Waals surface area contributed by atoms with Crippen LogP contribution in [0.25, 0.3) is 22.3 Å². The van der Waals surface area contributed by atoms with E-state index in [1.165, 1.54) is 0 Å². The summed E-state index contributed by atoms with van der Waals surface area (Å²) < 4.78 is 11.0. The van der Waals surface area contributed by atoms with E-state index in [2.05, 4.69) is 47.9 Å². The number of aliphatic imine (C=N–C) groups is 1. The first-order valence-corrected chi connectivity index (χ1v) is 14.7. The molecule has 0 atom stereocenters. The van der Waals surface area contributed by atoms with Gasteiger partial charge in [0, 0.05) is 57.4 Å². The summed E-state index contributed by atoms with van der Waals surface area (Å²) in [5, 5.41) is 3.27. The topological polar surface area (TPSA) is 124 Å². The fourth-order valence-electron chi connectivity index (χ4n) is 5.01. The third-order valence-corrected chi connectivity index (χ3v) is 7.31. The van der Waals surface area contributed by atoms with E-state index >= 15 is 0 Å². The van der Waals surface area contributed by atoms with Gasteiger partial charge in [-0.1, -0.05) is 12.1 Å². The lowest BCUT2D eigenvalue weighted by Crippen LogP contribution is -2.50. The van der Waals surface area contributed by atoms with Gasteiger partial charge in [0.25, 0.3) is 0 Å². The highest BCUT2D eigenvalue weighted by Crippen LogP contribution is 2.26. The third-order valence-electron chi connectivity index (χ3n) is 7.31. The maximum absolute atomic E-state index is 12.4. The van der Waals surface area contributed by atoms with Crippen LogP contribution in [0.15, 0.2) is 59.1 Å². The molecule has 2 fully saturated rings. The Kier molecular flexibility index (Phi) is 9.37. The molecule has 4 heterocycles. The summed E-state index contributed by atoms with van der Waals surface area (Å²) in [5.74, 6) is 2.06. The Labute approximate surface area is 252 Å². The zero-order valence-corrected chi connectivity index (χ0v) is 25.5. The highest BCUT2D eigenvalue weighted by atomic mass is 16.6. The van der Waals surface area contributed by atoms with E-state index < -0.39 is 5.60 Å². The molecule has 1 aromatic carbocycles. The number of morpholine rings is 1. The highest BCUT2D eigenvalue weighted by molar-refractivity contribution is 5.83. The number of allylic oxidation sites excluding steroid dienone is 1. The van der Waals surface area contributed by atoms with Crippen molar-refractivity contribution in [2.45, 2.75) is 33.3 Å². The van der Waals surface area contributed by atoms with Gasteiger partial charge < -0.3 is 29.6 Å². The Morgan fingerprint density at radius 1 is 1.14 bits per heavy atom. The number of ether oxygens (including phenoxy) is 2. The van der Waals surface area contributed by atoms with Gasteiger partial charge in [0.15, 0.2) is 0 Å². The van der Waals surface area contributed by atoms with Crippen molar-refractivity contribution in [3.05, 3.63) is 54.1 Å². The van der Waals surface area contributed by atoms with Crippen molar-refractivity contribution < 1.29 is 14.3 Å². The van der Waals surface area contributed by atoms with Crippen LogP contribution < -0.4 is 10.2 Å². The summed E-state index contributed by atoms with van der Waals surface area (Å²) in [7, 11) is 0. The van der Waals surface area contributed by atoms with Crippen LogP contribution in [0.5, 0.6) is 0 Å². The van der Waals surface area contributed by atoms with Crippen molar-refractivity contribution in [2.24, 2.45) is 4.99 Å². The number of imidazole rings is 1. The lowest BCUT2D eigenvalue weighted by molar-refractivity contribution is 0.0153. The average molecular weight is 588 g/mol. The molecule has 12 heteroatoms. The Balaban J connectivity index is 1.22. The molecule has 0 unspecified atom stereocenters. The van der Waals surface area contributed by atoms with Gasteiger partial charge in [-0.15, -0.1) is 0 Å². The second-order valence-corrected chi connectivity index (χ2v) is 11.6. The molecule has 5 rings (SSSR count). The second-order valence-electron chi connectivity index (χ2n) is 11.6. The van der Waals surface area contributed by atoms with E-state index in [-0.39, 0.29) is 6.09 Å². The number of hydrogen-bond donors (Lipinski definition) is 2. The number of amides is 1. The Bertz CT molecular complexity index is 1490. The smallest absolute Gasteiger partial charge is 0.410 e. The van der Waals surface area contributed by atoms with Crippen LogP contribution in [-0.2, 0) is 9.47 Å². The van der Waals surface area contributed by atoms with Gasteiger partial charge in [0.05, 0.1) is 29.9 Å². The largest absolute Gasteiger partial charge is 0.444 e. The molecule has 2 aliphatic heterocycles. The van der Waals surface area contributed by atoms with E-state index in [0.29, 0.717) is 38.1 Å². The van der Waals surface area contributed by atoms with Crippen molar-refractivity contribution in [1.82, 2.24) is 29.7 Å². The summed E-state index contributed by atoms with van der Waals surface area (Å²) in [5.41, 5.74) is 4.11. The number of nitrogens with one attached hydrogen (secondary N) is 2. The number of carbonyl (C=O) groups is 1. The van der Waals surface area contributed by atoms with Crippen molar-refractivity contribution in [1.29, 1.82) is 0 Å². The maximum Gasteiger partial charge on any atom is 0.410 e. The van der Waals surface area contributed by atoms with E-state index in [1.807, 2.05) is 58.0 Å². The van der Waals surface area contributed by atoms with Crippen LogP contribution in [0.4, 0.5) is 16.6 Å². The lowest BCUT2D eigenvalue weighted by Gasteiger charge is -2.35. The molecule has 2 aromatic heterocycles. The van der Waals surface area contributed by atoms with Gasteiger partial charge in [0.1, 0.15) is 23.6 Å². The molecule has 228 valence electrons. The zero-order chi connectivity index (χ0) is 30.4. The van der Waals surface area contributed by atoms with Crippen LogP contribution in [0, 0.1) is 0 Å². The molecule has 3 aromatic rings. The quantitative estimate of drug-likeness (QED) is 0.293. The van der Waals surface area contributed by atoms with Gasteiger partial charge in [-0.05, 0) is 58.2 Å². The predicted molar refractivity (Wildman–Crippen MR) is 169 cm³/mol. The van der Waals surface area contributed by atoms with Crippen LogP contribution in [-0.4, -0.2) is 107 Å². The van der Waals surface area contributed by atoms with Gasteiger partial charge >= 0.3 is 6.09 Å². The first-order valence-electron chi connectivity index (χ1n) is 14.7. The van der Waals surface area contributed by atoms with Crippen molar-refractivity contribution in [2.75, 3.05) is 69.2 Å². The minimum absolute atomic E-state index is 0.256. The lowest BCUT2D eigenvalue weighted by atomic mass is 10.1. The fourth-order valence-corrected chi connectivity index (χ4v) is 5.01. The minimum Gasteiger partial charge on any atom is -0.444 e. The van der Waals surface area contributed by atoms with Crippen molar-refractivity contribution in [3.63, 3.8) is 0 Å². The second kappa shape index (κ2) is 13.3. The molecule has 0 saturated carbocycles. The molecule has 12 nitrogen and oxygen atoms in total. The number of aromatic nitrogens is 4. The molecule has 0 bridgehead atoms. The fraction of sp³-hybridized carbons (Fsp3) is 0.452. The number of aromatic amines is 1. The molecule has 1 amide bonds. The molecule has 2 N–H and O–H groups in total. The highest BCUT2D eigenvalue weighted by Gasteiger charge is 2.26. The molecule has 0 aliphatic carbocycles. The normalized spacial score (nSPS) is 17.3. The third kappa shape index (κ3) is 7.96. The number of piperazine rings is 1. The molecule has 0 spiro atoms. The van der Waals surface area contributed by atoms with Gasteiger partial charge in [0.2, 0.25) is 5.95 Å². The Morgan fingerprint density at radius 3 is 2.60 bits per heavy atom. The van der Waals surface area contributed by atoms with Gasteiger partial charge in [-0.3, -0.25) is 4.90 Å². The van der Waals surface area contributed by atoms with E-state index in [0.717, 1.165) is 66.4 Å².